The minimum absolute atomic E-state index is 0.329. The Labute approximate surface area is 70.1 Å². The van der Waals surface area contributed by atoms with E-state index in [1.807, 2.05) is 0 Å². The molecular weight excluding hydrogens is 175 g/mol. The molecule has 2 nitrogen and oxygen atoms in total. The summed E-state index contributed by atoms with van der Waals surface area (Å²) in [5.74, 6) is -0.329. The lowest BCUT2D eigenvalue weighted by molar-refractivity contribution is -0.135. The largest absolute Gasteiger partial charge is 0.435 e. The van der Waals surface area contributed by atoms with Gasteiger partial charge >= 0.3 is 5.97 Å². The van der Waals surface area contributed by atoms with Crippen molar-refractivity contribution in [3.05, 3.63) is 23.9 Å². The van der Waals surface area contributed by atoms with Crippen molar-refractivity contribution in [2.45, 2.75) is 6.92 Å². The Morgan fingerprint density at radius 1 is 1.50 bits per heavy atom. The van der Waals surface area contributed by atoms with Crippen LogP contribution in [-0.4, -0.2) is 5.97 Å². The van der Waals surface area contributed by atoms with Crippen LogP contribution in [-0.2, 0) is 9.53 Å². The average Bonchev–Trinajstić information content (AvgIpc) is 1.89. The minimum atomic E-state index is -0.329. The fraction of sp³-hybridized carbons (Fsp3) is 0.167. The zero-order chi connectivity index (χ0) is 8.41. The van der Waals surface area contributed by atoms with Crippen LogP contribution in [0.5, 0.6) is 0 Å². The van der Waals surface area contributed by atoms with Crippen molar-refractivity contribution in [1.82, 2.24) is 0 Å². The molecule has 0 fully saturated rings. The number of rotatable bonds is 1. The smallest absolute Gasteiger partial charge is 0.307 e. The number of carbonyl (C=O) groups is 1. The lowest BCUT2D eigenvalue weighted by Gasteiger charge is -1.83. The fourth-order valence-corrected chi connectivity index (χ4v) is 0.117. The number of halogens is 2. The second kappa shape index (κ2) is 11.3. The van der Waals surface area contributed by atoms with Crippen LogP contribution in [0.25, 0.3) is 0 Å². The van der Waals surface area contributed by atoms with E-state index in [-0.39, 0.29) is 5.97 Å². The number of hydrogen-bond donors (Lipinski definition) is 0. The van der Waals surface area contributed by atoms with Gasteiger partial charge in [0.2, 0.25) is 0 Å². The molecule has 0 aromatic heterocycles. The zero-order valence-electron chi connectivity index (χ0n) is 5.51. The van der Waals surface area contributed by atoms with Gasteiger partial charge in [-0.25, -0.2) is 0 Å². The first-order chi connectivity index (χ1) is 4.68. The lowest BCUT2D eigenvalue weighted by Crippen LogP contribution is -1.87. The SMILES string of the molecule is C=COC(C)=O.ClC=CCl. The molecule has 0 aliphatic rings. The van der Waals surface area contributed by atoms with Crippen molar-refractivity contribution in [2.75, 3.05) is 0 Å². The standard InChI is InChI=1S/C4H6O2.C2H2Cl2/c1-3-6-4(2)5;3-1-2-4/h3H,1H2,2H3;1-2H. The second-order valence-electron chi connectivity index (χ2n) is 1.03. The van der Waals surface area contributed by atoms with Crippen LogP contribution in [0.4, 0.5) is 0 Å². The highest BCUT2D eigenvalue weighted by molar-refractivity contribution is 6.33. The Morgan fingerprint density at radius 3 is 1.90 bits per heavy atom. The Hall–Kier alpha value is -0.470. The molecule has 0 atom stereocenters. The van der Waals surface area contributed by atoms with Crippen LogP contribution in [0.2, 0.25) is 0 Å². The number of carbonyl (C=O) groups excluding carboxylic acids is 1. The molecule has 0 heterocycles. The van der Waals surface area contributed by atoms with E-state index in [2.05, 4.69) is 11.3 Å². The first-order valence-corrected chi connectivity index (χ1v) is 3.19. The van der Waals surface area contributed by atoms with Crippen molar-refractivity contribution in [1.29, 1.82) is 0 Å². The summed E-state index contributed by atoms with van der Waals surface area (Å²) in [5, 5.41) is 0. The third-order valence-corrected chi connectivity index (χ3v) is 0.678. The van der Waals surface area contributed by atoms with Crippen molar-refractivity contribution in [2.24, 2.45) is 0 Å². The first-order valence-electron chi connectivity index (χ1n) is 2.32. The third-order valence-electron chi connectivity index (χ3n) is 0.297. The van der Waals surface area contributed by atoms with Gasteiger partial charge in [-0.2, -0.15) is 0 Å². The van der Waals surface area contributed by atoms with Crippen molar-refractivity contribution in [3.63, 3.8) is 0 Å². The van der Waals surface area contributed by atoms with Crippen LogP contribution in [0, 0.1) is 0 Å². The van der Waals surface area contributed by atoms with Crippen molar-refractivity contribution >= 4 is 29.2 Å². The van der Waals surface area contributed by atoms with Gasteiger partial charge in [0.1, 0.15) is 0 Å². The second-order valence-corrected chi connectivity index (χ2v) is 1.53. The fourth-order valence-electron chi connectivity index (χ4n) is 0.117. The predicted octanol–water partition coefficient (Wildman–Crippen LogP) is 2.63. The maximum atomic E-state index is 9.75. The molecule has 0 aliphatic carbocycles. The minimum Gasteiger partial charge on any atom is -0.435 e. The van der Waals surface area contributed by atoms with E-state index >= 15 is 0 Å². The van der Waals surface area contributed by atoms with Gasteiger partial charge in [0.25, 0.3) is 0 Å². The molecule has 0 amide bonds. The monoisotopic (exact) mass is 182 g/mol. The van der Waals surface area contributed by atoms with E-state index in [9.17, 15) is 4.79 Å². The quantitative estimate of drug-likeness (QED) is 0.461. The van der Waals surface area contributed by atoms with E-state index in [4.69, 9.17) is 23.2 Å². The van der Waals surface area contributed by atoms with Crippen LogP contribution in [0.1, 0.15) is 6.92 Å². The van der Waals surface area contributed by atoms with E-state index < -0.39 is 0 Å². The normalized spacial score (nSPS) is 7.90. The van der Waals surface area contributed by atoms with E-state index in [0.29, 0.717) is 0 Å². The maximum absolute atomic E-state index is 9.75. The molecular formula is C6H8Cl2O2. The average molecular weight is 183 g/mol. The zero-order valence-corrected chi connectivity index (χ0v) is 7.02. The van der Waals surface area contributed by atoms with Gasteiger partial charge in [0, 0.05) is 18.0 Å². The highest BCUT2D eigenvalue weighted by Crippen LogP contribution is 1.78. The number of hydrogen-bond acceptors (Lipinski definition) is 2. The summed E-state index contributed by atoms with van der Waals surface area (Å²) >= 11 is 9.75. The summed E-state index contributed by atoms with van der Waals surface area (Å²) in [6, 6.07) is 0. The van der Waals surface area contributed by atoms with Crippen LogP contribution in [0.15, 0.2) is 23.9 Å². The topological polar surface area (TPSA) is 26.3 Å². The third kappa shape index (κ3) is 25.8. The molecule has 0 radical (unpaired) electrons. The van der Waals surface area contributed by atoms with Gasteiger partial charge in [0.05, 0.1) is 6.26 Å². The molecule has 0 N–H and O–H groups in total. The molecule has 0 rings (SSSR count). The Bertz CT molecular complexity index is 117. The summed E-state index contributed by atoms with van der Waals surface area (Å²) in [4.78, 5) is 9.75. The summed E-state index contributed by atoms with van der Waals surface area (Å²) in [6.07, 6.45) is 1.10. The Balaban J connectivity index is 0. The molecule has 10 heavy (non-hydrogen) atoms. The molecule has 0 unspecified atom stereocenters. The van der Waals surface area contributed by atoms with Gasteiger partial charge in [-0.05, 0) is 0 Å². The lowest BCUT2D eigenvalue weighted by atomic mass is 10.8. The van der Waals surface area contributed by atoms with Crippen molar-refractivity contribution < 1.29 is 9.53 Å². The molecule has 0 aromatic rings. The highest BCUT2D eigenvalue weighted by Gasteiger charge is 1.79. The van der Waals surface area contributed by atoms with Crippen LogP contribution >= 0.6 is 23.2 Å². The van der Waals surface area contributed by atoms with Crippen LogP contribution in [0.3, 0.4) is 0 Å². The molecule has 58 valence electrons. The molecule has 0 spiro atoms. The summed E-state index contributed by atoms with van der Waals surface area (Å²) in [7, 11) is 0. The van der Waals surface area contributed by atoms with E-state index in [1.54, 1.807) is 0 Å². The number of esters is 1. The van der Waals surface area contributed by atoms with E-state index in [1.165, 1.54) is 18.0 Å². The Morgan fingerprint density at radius 2 is 1.90 bits per heavy atom. The van der Waals surface area contributed by atoms with Gasteiger partial charge < -0.3 is 4.74 Å². The van der Waals surface area contributed by atoms with E-state index in [0.717, 1.165) is 6.26 Å². The summed E-state index contributed by atoms with van der Waals surface area (Å²) < 4.78 is 4.17. The first kappa shape index (κ1) is 12.2. The molecule has 0 bridgehead atoms. The predicted molar refractivity (Wildman–Crippen MR) is 42.8 cm³/mol. The number of ether oxygens (including phenoxy) is 1. The van der Waals surface area contributed by atoms with Gasteiger partial charge in [0.15, 0.2) is 0 Å². The molecule has 4 heteroatoms. The molecule has 0 aromatic carbocycles. The van der Waals surface area contributed by atoms with Gasteiger partial charge in [-0.3, -0.25) is 4.79 Å². The molecule has 0 saturated heterocycles. The Kier molecular flexibility index (Phi) is 13.9. The molecule has 0 saturated carbocycles. The van der Waals surface area contributed by atoms with Gasteiger partial charge in [-0.15, -0.1) is 0 Å². The molecule has 0 aliphatic heterocycles. The highest BCUT2D eigenvalue weighted by atomic mass is 35.5. The maximum Gasteiger partial charge on any atom is 0.307 e. The summed E-state index contributed by atoms with van der Waals surface area (Å²) in [6.45, 7) is 4.48. The van der Waals surface area contributed by atoms with Crippen molar-refractivity contribution in [3.8, 4) is 0 Å². The van der Waals surface area contributed by atoms with Crippen LogP contribution < -0.4 is 0 Å². The summed E-state index contributed by atoms with van der Waals surface area (Å²) in [5.41, 5.74) is 2.48. The van der Waals surface area contributed by atoms with Gasteiger partial charge in [-0.1, -0.05) is 29.8 Å².